The molecule has 154 valence electrons. The number of aromatic nitrogens is 2. The third kappa shape index (κ3) is 5.26. The zero-order valence-corrected chi connectivity index (χ0v) is 18.6. The Hall–Kier alpha value is -2.05. The van der Waals surface area contributed by atoms with Gasteiger partial charge in [-0.25, -0.2) is 8.42 Å². The van der Waals surface area contributed by atoms with Crippen molar-refractivity contribution in [2.75, 3.05) is 35.9 Å². The molecule has 1 aromatic carbocycles. The number of hydrogen-bond donors (Lipinski definition) is 1. The quantitative estimate of drug-likeness (QED) is 0.462. The van der Waals surface area contributed by atoms with Gasteiger partial charge in [0.05, 0.1) is 26.2 Å². The predicted octanol–water partition coefficient (Wildman–Crippen LogP) is 2.46. The van der Waals surface area contributed by atoms with Crippen LogP contribution < -0.4 is 19.1 Å². The van der Waals surface area contributed by atoms with Crippen molar-refractivity contribution < 1.29 is 22.7 Å². The van der Waals surface area contributed by atoms with E-state index in [0.29, 0.717) is 16.6 Å². The fraction of sp³-hybridized carbons (Fsp3) is 0.438. The largest absolute Gasteiger partial charge is 0.493 e. The van der Waals surface area contributed by atoms with Crippen LogP contribution in [-0.2, 0) is 14.8 Å². The van der Waals surface area contributed by atoms with Gasteiger partial charge in [0.1, 0.15) is 6.04 Å². The Kier molecular flexibility index (Phi) is 7.49. The first kappa shape index (κ1) is 22.2. The highest BCUT2D eigenvalue weighted by Crippen LogP contribution is 2.33. The molecule has 0 bridgehead atoms. The zero-order valence-electron chi connectivity index (χ0n) is 16.1. The van der Waals surface area contributed by atoms with E-state index in [4.69, 9.17) is 9.47 Å². The van der Waals surface area contributed by atoms with E-state index >= 15 is 0 Å². The molecule has 0 radical (unpaired) electrons. The molecule has 2 rings (SSSR count). The number of nitrogens with one attached hydrogen (secondary N) is 1. The number of rotatable bonds is 9. The number of ether oxygens (including phenoxy) is 2. The van der Waals surface area contributed by atoms with E-state index in [1.807, 2.05) is 6.92 Å². The van der Waals surface area contributed by atoms with Crippen LogP contribution >= 0.6 is 23.1 Å². The van der Waals surface area contributed by atoms with Crippen LogP contribution in [0.5, 0.6) is 11.5 Å². The molecule has 12 heteroatoms. The second-order valence-electron chi connectivity index (χ2n) is 5.57. The number of nitrogens with zero attached hydrogens (tertiary/aromatic N) is 3. The van der Waals surface area contributed by atoms with Crippen molar-refractivity contribution >= 4 is 49.8 Å². The number of anilines is 2. The first-order valence-corrected chi connectivity index (χ1v) is 11.8. The predicted molar refractivity (Wildman–Crippen MR) is 111 cm³/mol. The van der Waals surface area contributed by atoms with Crippen molar-refractivity contribution in [3.63, 3.8) is 0 Å². The molecule has 1 aromatic heterocycles. The van der Waals surface area contributed by atoms with E-state index in [1.54, 1.807) is 12.1 Å². The molecule has 0 spiro atoms. The van der Waals surface area contributed by atoms with Crippen LogP contribution in [0.25, 0.3) is 0 Å². The third-order valence-corrected chi connectivity index (χ3v) is 6.71. The lowest BCUT2D eigenvalue weighted by atomic mass is 10.2. The Morgan fingerprint density at radius 1 is 1.29 bits per heavy atom. The van der Waals surface area contributed by atoms with Gasteiger partial charge >= 0.3 is 0 Å². The van der Waals surface area contributed by atoms with Gasteiger partial charge in [-0.05, 0) is 24.8 Å². The minimum Gasteiger partial charge on any atom is -0.493 e. The van der Waals surface area contributed by atoms with E-state index in [0.717, 1.165) is 20.7 Å². The van der Waals surface area contributed by atoms with Crippen LogP contribution in [0.4, 0.5) is 10.8 Å². The molecule has 0 saturated carbocycles. The monoisotopic (exact) mass is 446 g/mol. The molecule has 1 amide bonds. The molecular formula is C16H22N4O5S3. The minimum absolute atomic E-state index is 0.280. The summed E-state index contributed by atoms with van der Waals surface area (Å²) in [6, 6.07) is 3.60. The van der Waals surface area contributed by atoms with Crippen molar-refractivity contribution in [2.45, 2.75) is 24.2 Å². The number of benzene rings is 1. The molecule has 0 aliphatic rings. The Morgan fingerprint density at radius 3 is 2.54 bits per heavy atom. The van der Waals surface area contributed by atoms with E-state index in [-0.39, 0.29) is 5.69 Å². The summed E-state index contributed by atoms with van der Waals surface area (Å²) in [7, 11) is -0.834. The van der Waals surface area contributed by atoms with Crippen LogP contribution in [-0.4, -0.2) is 56.8 Å². The number of thioether (sulfide) groups is 1. The molecule has 9 nitrogen and oxygen atoms in total. The number of methoxy groups -OCH3 is 2. The lowest BCUT2D eigenvalue weighted by Gasteiger charge is -2.28. The minimum atomic E-state index is -3.76. The molecule has 1 atom stereocenters. The molecule has 1 heterocycles. The SMILES string of the molecule is CCSc1nnc(NC(=O)C(C)N(c2ccc(OC)c(OC)c2)S(C)(=O)=O)s1. The van der Waals surface area contributed by atoms with E-state index in [1.165, 1.54) is 50.3 Å². The summed E-state index contributed by atoms with van der Waals surface area (Å²) in [6.07, 6.45) is 1.04. The molecule has 0 saturated heterocycles. The highest BCUT2D eigenvalue weighted by molar-refractivity contribution is 8.01. The van der Waals surface area contributed by atoms with E-state index in [2.05, 4.69) is 15.5 Å². The Morgan fingerprint density at radius 2 is 1.96 bits per heavy atom. The summed E-state index contributed by atoms with van der Waals surface area (Å²) in [5.41, 5.74) is 0.280. The summed E-state index contributed by atoms with van der Waals surface area (Å²) in [5.74, 6) is 1.11. The van der Waals surface area contributed by atoms with Crippen LogP contribution in [0.1, 0.15) is 13.8 Å². The van der Waals surface area contributed by atoms with Crippen molar-refractivity contribution in [3.8, 4) is 11.5 Å². The molecule has 0 aliphatic carbocycles. The maximum Gasteiger partial charge on any atom is 0.249 e. The van der Waals surface area contributed by atoms with Crippen LogP contribution in [0.15, 0.2) is 22.5 Å². The number of carbonyl (C=O) groups excluding carboxylic acids is 1. The molecule has 1 unspecified atom stereocenters. The second kappa shape index (κ2) is 9.43. The Balaban J connectivity index is 2.30. The molecule has 1 N–H and O–H groups in total. The van der Waals surface area contributed by atoms with Crippen LogP contribution in [0.3, 0.4) is 0 Å². The van der Waals surface area contributed by atoms with Gasteiger partial charge in [-0.1, -0.05) is 30.0 Å². The molecule has 0 aliphatic heterocycles. The molecule has 2 aromatic rings. The fourth-order valence-electron chi connectivity index (χ4n) is 2.42. The summed E-state index contributed by atoms with van der Waals surface area (Å²) in [5, 5.41) is 10.8. The van der Waals surface area contributed by atoms with E-state index in [9.17, 15) is 13.2 Å². The average Bonchev–Trinajstić information content (AvgIpc) is 3.07. The van der Waals surface area contributed by atoms with Gasteiger partial charge in [0.15, 0.2) is 15.8 Å². The maximum atomic E-state index is 12.7. The fourth-order valence-corrected chi connectivity index (χ4v) is 5.24. The van der Waals surface area contributed by atoms with Gasteiger partial charge < -0.3 is 9.47 Å². The number of sulfonamides is 1. The standard InChI is InChI=1S/C16H22N4O5S3/c1-6-26-16-19-18-15(27-16)17-14(21)10(2)20(28(5,22)23)11-7-8-12(24-3)13(9-11)25-4/h7-10H,6H2,1-5H3,(H,17,18,21). The van der Waals surface area contributed by atoms with E-state index < -0.39 is 22.0 Å². The van der Waals surface area contributed by atoms with Crippen molar-refractivity contribution in [3.05, 3.63) is 18.2 Å². The Labute approximate surface area is 172 Å². The normalized spacial score (nSPS) is 12.3. The van der Waals surface area contributed by atoms with Gasteiger partial charge in [0, 0.05) is 6.07 Å². The van der Waals surface area contributed by atoms with Gasteiger partial charge in [-0.15, -0.1) is 10.2 Å². The second-order valence-corrected chi connectivity index (χ2v) is 9.92. The number of hydrogen-bond acceptors (Lipinski definition) is 9. The van der Waals surface area contributed by atoms with Crippen LogP contribution in [0, 0.1) is 0 Å². The smallest absolute Gasteiger partial charge is 0.249 e. The third-order valence-electron chi connectivity index (χ3n) is 3.61. The first-order valence-electron chi connectivity index (χ1n) is 8.19. The first-order chi connectivity index (χ1) is 13.2. The molecule has 0 fully saturated rings. The molecular weight excluding hydrogens is 424 g/mol. The topological polar surface area (TPSA) is 111 Å². The zero-order chi connectivity index (χ0) is 20.9. The van der Waals surface area contributed by atoms with Crippen molar-refractivity contribution in [1.29, 1.82) is 0 Å². The van der Waals surface area contributed by atoms with Gasteiger partial charge in [-0.3, -0.25) is 14.4 Å². The summed E-state index contributed by atoms with van der Waals surface area (Å²) in [6.45, 7) is 3.48. The highest BCUT2D eigenvalue weighted by Gasteiger charge is 2.30. The maximum absolute atomic E-state index is 12.7. The van der Waals surface area contributed by atoms with Gasteiger partial charge in [0.25, 0.3) is 0 Å². The lowest BCUT2D eigenvalue weighted by molar-refractivity contribution is -0.116. The Bertz CT molecular complexity index is 932. The number of amides is 1. The number of carbonyl (C=O) groups is 1. The molecule has 28 heavy (non-hydrogen) atoms. The summed E-state index contributed by atoms with van der Waals surface area (Å²) in [4.78, 5) is 12.7. The van der Waals surface area contributed by atoms with Gasteiger partial charge in [-0.2, -0.15) is 0 Å². The lowest BCUT2D eigenvalue weighted by Crippen LogP contribution is -2.45. The van der Waals surface area contributed by atoms with Crippen molar-refractivity contribution in [1.82, 2.24) is 10.2 Å². The highest BCUT2D eigenvalue weighted by atomic mass is 32.2. The summed E-state index contributed by atoms with van der Waals surface area (Å²) < 4.78 is 37.0. The average molecular weight is 447 g/mol. The van der Waals surface area contributed by atoms with Gasteiger partial charge in [0.2, 0.25) is 21.1 Å². The van der Waals surface area contributed by atoms with Crippen molar-refractivity contribution in [2.24, 2.45) is 0 Å². The summed E-state index contributed by atoms with van der Waals surface area (Å²) >= 11 is 2.74. The van der Waals surface area contributed by atoms with Crippen LogP contribution in [0.2, 0.25) is 0 Å².